The molecule has 0 saturated carbocycles. The highest BCUT2D eigenvalue weighted by Crippen LogP contribution is 2.21. The highest BCUT2D eigenvalue weighted by molar-refractivity contribution is 5.49. The van der Waals surface area contributed by atoms with Gasteiger partial charge in [-0.25, -0.2) is 4.98 Å². The summed E-state index contributed by atoms with van der Waals surface area (Å²) < 4.78 is 6.84. The van der Waals surface area contributed by atoms with Crippen LogP contribution in [0.3, 0.4) is 0 Å². The van der Waals surface area contributed by atoms with Crippen molar-refractivity contribution in [2.75, 3.05) is 5.73 Å². The summed E-state index contributed by atoms with van der Waals surface area (Å²) in [7, 11) is 1.64. The minimum Gasteiger partial charge on any atom is -0.435 e. The van der Waals surface area contributed by atoms with Crippen molar-refractivity contribution >= 4 is 5.69 Å². The molecule has 0 unspecified atom stereocenters. The lowest BCUT2D eigenvalue weighted by atomic mass is 10.2. The van der Waals surface area contributed by atoms with Crippen LogP contribution >= 0.6 is 0 Å². The Balaban J connectivity index is 2.35. The fourth-order valence-corrected chi connectivity index (χ4v) is 1.37. The second kappa shape index (κ2) is 4.29. The fourth-order valence-electron chi connectivity index (χ4n) is 1.37. The molecule has 0 aliphatic rings. The molecule has 1 aromatic heterocycles. The first-order valence-corrected chi connectivity index (χ1v) is 5.13. The first-order valence-electron chi connectivity index (χ1n) is 5.13. The number of anilines is 1. The molecule has 0 amide bonds. The quantitative estimate of drug-likeness (QED) is 0.794. The van der Waals surface area contributed by atoms with E-state index in [0.29, 0.717) is 11.4 Å². The number of aromatic nitrogens is 2. The maximum absolute atomic E-state index is 11.7. The third-order valence-electron chi connectivity index (χ3n) is 2.44. The Morgan fingerprint density at radius 1 is 1.41 bits per heavy atom. The predicted octanol–water partition coefficient (Wildman–Crippen LogP) is 1.46. The van der Waals surface area contributed by atoms with Crippen molar-refractivity contribution in [2.45, 2.75) is 6.92 Å². The Morgan fingerprint density at radius 2 is 2.18 bits per heavy atom. The standard InChI is InChI=1S/C12H13N3O2/c1-8-7-9(3-4-10(8)13)17-11-12(16)15(2)6-5-14-11/h3-7H,13H2,1-2H3. The van der Waals surface area contributed by atoms with E-state index in [1.165, 1.54) is 10.8 Å². The van der Waals surface area contributed by atoms with E-state index in [1.807, 2.05) is 6.92 Å². The van der Waals surface area contributed by atoms with Crippen molar-refractivity contribution < 1.29 is 4.74 Å². The molecule has 2 aromatic rings. The van der Waals surface area contributed by atoms with Crippen molar-refractivity contribution in [1.29, 1.82) is 0 Å². The molecular weight excluding hydrogens is 218 g/mol. The van der Waals surface area contributed by atoms with Crippen LogP contribution in [-0.2, 0) is 7.05 Å². The molecule has 0 aliphatic carbocycles. The number of nitrogens with zero attached hydrogens (tertiary/aromatic N) is 2. The molecule has 0 spiro atoms. The largest absolute Gasteiger partial charge is 0.435 e. The summed E-state index contributed by atoms with van der Waals surface area (Å²) in [6, 6.07) is 5.21. The maximum Gasteiger partial charge on any atom is 0.313 e. The van der Waals surface area contributed by atoms with Crippen LogP contribution in [0.15, 0.2) is 35.4 Å². The zero-order valence-corrected chi connectivity index (χ0v) is 9.68. The molecule has 1 aromatic carbocycles. The first kappa shape index (κ1) is 11.2. The average Bonchev–Trinajstić information content (AvgIpc) is 2.30. The van der Waals surface area contributed by atoms with Crippen molar-refractivity contribution in [3.8, 4) is 11.6 Å². The van der Waals surface area contributed by atoms with Gasteiger partial charge >= 0.3 is 5.56 Å². The molecule has 88 valence electrons. The fraction of sp³-hybridized carbons (Fsp3) is 0.167. The van der Waals surface area contributed by atoms with E-state index < -0.39 is 0 Å². The monoisotopic (exact) mass is 231 g/mol. The smallest absolute Gasteiger partial charge is 0.313 e. The molecule has 17 heavy (non-hydrogen) atoms. The summed E-state index contributed by atoms with van der Waals surface area (Å²) in [5, 5.41) is 0. The van der Waals surface area contributed by atoms with Gasteiger partial charge in [0.25, 0.3) is 5.88 Å². The molecule has 0 fully saturated rings. The van der Waals surface area contributed by atoms with Gasteiger partial charge in [0.15, 0.2) is 0 Å². The average molecular weight is 231 g/mol. The molecular formula is C12H13N3O2. The van der Waals surface area contributed by atoms with Crippen LogP contribution in [0.1, 0.15) is 5.56 Å². The van der Waals surface area contributed by atoms with E-state index in [4.69, 9.17) is 10.5 Å². The van der Waals surface area contributed by atoms with E-state index in [-0.39, 0.29) is 11.4 Å². The summed E-state index contributed by atoms with van der Waals surface area (Å²) in [5.41, 5.74) is 7.01. The molecule has 0 atom stereocenters. The SMILES string of the molecule is Cc1cc(Oc2nccn(C)c2=O)ccc1N. The van der Waals surface area contributed by atoms with Crippen molar-refractivity contribution in [3.63, 3.8) is 0 Å². The Bertz CT molecular complexity index is 605. The normalized spacial score (nSPS) is 10.2. The number of hydrogen-bond acceptors (Lipinski definition) is 4. The van der Waals surface area contributed by atoms with Crippen LogP contribution in [0.5, 0.6) is 11.6 Å². The van der Waals surface area contributed by atoms with Gasteiger partial charge in [-0.05, 0) is 30.7 Å². The number of ether oxygens (including phenoxy) is 1. The van der Waals surface area contributed by atoms with Crippen LogP contribution in [0.4, 0.5) is 5.69 Å². The molecule has 5 nitrogen and oxygen atoms in total. The highest BCUT2D eigenvalue weighted by Gasteiger charge is 2.06. The van der Waals surface area contributed by atoms with E-state index >= 15 is 0 Å². The summed E-state index contributed by atoms with van der Waals surface area (Å²) in [4.78, 5) is 15.6. The summed E-state index contributed by atoms with van der Waals surface area (Å²) in [6.07, 6.45) is 3.09. The third-order valence-corrected chi connectivity index (χ3v) is 2.44. The number of benzene rings is 1. The minimum atomic E-state index is -0.276. The van der Waals surface area contributed by atoms with Gasteiger partial charge in [-0.15, -0.1) is 0 Å². The van der Waals surface area contributed by atoms with Crippen LogP contribution in [-0.4, -0.2) is 9.55 Å². The lowest BCUT2D eigenvalue weighted by molar-refractivity contribution is 0.448. The second-order valence-electron chi connectivity index (χ2n) is 3.77. The third kappa shape index (κ3) is 2.28. The van der Waals surface area contributed by atoms with Gasteiger partial charge in [-0.1, -0.05) is 0 Å². The Hall–Kier alpha value is -2.30. The van der Waals surface area contributed by atoms with Crippen LogP contribution in [0.25, 0.3) is 0 Å². The predicted molar refractivity (Wildman–Crippen MR) is 65.1 cm³/mol. The van der Waals surface area contributed by atoms with Gasteiger partial charge in [0.1, 0.15) is 5.75 Å². The van der Waals surface area contributed by atoms with Crippen LogP contribution < -0.4 is 16.0 Å². The Labute approximate surface area is 98.5 Å². The summed E-state index contributed by atoms with van der Waals surface area (Å²) >= 11 is 0. The van der Waals surface area contributed by atoms with Gasteiger partial charge in [0.2, 0.25) is 0 Å². The molecule has 0 bridgehead atoms. The van der Waals surface area contributed by atoms with E-state index in [1.54, 1.807) is 31.4 Å². The van der Waals surface area contributed by atoms with Gasteiger partial charge < -0.3 is 15.0 Å². The summed E-state index contributed by atoms with van der Waals surface area (Å²) in [6.45, 7) is 1.87. The number of rotatable bonds is 2. The minimum absolute atomic E-state index is 0.0548. The lowest BCUT2D eigenvalue weighted by Gasteiger charge is -2.07. The van der Waals surface area contributed by atoms with Gasteiger partial charge in [0, 0.05) is 25.1 Å². The maximum atomic E-state index is 11.7. The summed E-state index contributed by atoms with van der Waals surface area (Å²) in [5.74, 6) is 0.603. The van der Waals surface area contributed by atoms with Crippen molar-refractivity contribution in [1.82, 2.24) is 9.55 Å². The number of nitrogens with two attached hydrogens (primary N) is 1. The first-order chi connectivity index (χ1) is 8.08. The van der Waals surface area contributed by atoms with Crippen LogP contribution in [0.2, 0.25) is 0 Å². The molecule has 2 N–H and O–H groups in total. The second-order valence-corrected chi connectivity index (χ2v) is 3.77. The van der Waals surface area contributed by atoms with Gasteiger partial charge in [0.05, 0.1) is 0 Å². The molecule has 1 heterocycles. The van der Waals surface area contributed by atoms with Gasteiger partial charge in [-0.3, -0.25) is 4.79 Å². The zero-order valence-electron chi connectivity index (χ0n) is 9.68. The number of hydrogen-bond donors (Lipinski definition) is 1. The van der Waals surface area contributed by atoms with Crippen LogP contribution in [0, 0.1) is 6.92 Å². The Kier molecular flexibility index (Phi) is 2.82. The van der Waals surface area contributed by atoms with E-state index in [0.717, 1.165) is 5.56 Å². The molecule has 5 heteroatoms. The van der Waals surface area contributed by atoms with Gasteiger partial charge in [-0.2, -0.15) is 0 Å². The molecule has 0 radical (unpaired) electrons. The topological polar surface area (TPSA) is 70.1 Å². The lowest BCUT2D eigenvalue weighted by Crippen LogP contribution is -2.18. The van der Waals surface area contributed by atoms with E-state index in [2.05, 4.69) is 4.98 Å². The molecule has 0 saturated heterocycles. The number of aryl methyl sites for hydroxylation is 2. The highest BCUT2D eigenvalue weighted by atomic mass is 16.5. The molecule has 0 aliphatic heterocycles. The van der Waals surface area contributed by atoms with Crippen molar-refractivity contribution in [2.24, 2.45) is 7.05 Å². The number of nitrogen functional groups attached to an aromatic ring is 1. The molecule has 2 rings (SSSR count). The Morgan fingerprint density at radius 3 is 2.88 bits per heavy atom. The van der Waals surface area contributed by atoms with E-state index in [9.17, 15) is 4.79 Å². The zero-order chi connectivity index (χ0) is 12.4. The van der Waals surface area contributed by atoms with Crippen molar-refractivity contribution in [3.05, 3.63) is 46.5 Å².